The fourth-order valence-corrected chi connectivity index (χ4v) is 3.72. The van der Waals surface area contributed by atoms with Crippen molar-refractivity contribution in [2.24, 2.45) is 0 Å². The molecular weight excluding hydrogens is 218 g/mol. The number of hydrogen-bond acceptors (Lipinski definition) is 3. The molecule has 3 nitrogen and oxygen atoms in total. The van der Waals surface area contributed by atoms with E-state index in [1.165, 1.54) is 34.8 Å². The second-order valence-electron chi connectivity index (χ2n) is 4.71. The van der Waals surface area contributed by atoms with Crippen molar-refractivity contribution in [1.29, 1.82) is 0 Å². The molecule has 4 heteroatoms. The van der Waals surface area contributed by atoms with Crippen LogP contribution in [0, 0.1) is 0 Å². The third kappa shape index (κ3) is 1.19. The standard InChI is InChI=1S/C12H13N3S/c1-2-9-6-10(14-15(9)3-1)8-4-11-12(5-8)16-7-13-11/h6-8H,1-5H2. The molecule has 0 aromatic carbocycles. The summed E-state index contributed by atoms with van der Waals surface area (Å²) < 4.78 is 2.19. The molecule has 4 rings (SSSR count). The molecule has 0 amide bonds. The highest BCUT2D eigenvalue weighted by Crippen LogP contribution is 2.35. The quantitative estimate of drug-likeness (QED) is 0.753. The van der Waals surface area contributed by atoms with E-state index < -0.39 is 0 Å². The van der Waals surface area contributed by atoms with Gasteiger partial charge in [0.25, 0.3) is 0 Å². The summed E-state index contributed by atoms with van der Waals surface area (Å²) in [5.41, 5.74) is 6.00. The number of fused-ring (bicyclic) bond motifs is 2. The molecule has 0 radical (unpaired) electrons. The van der Waals surface area contributed by atoms with Crippen LogP contribution in [0.25, 0.3) is 0 Å². The molecule has 2 aromatic heterocycles. The van der Waals surface area contributed by atoms with Gasteiger partial charge < -0.3 is 0 Å². The van der Waals surface area contributed by atoms with Crippen LogP contribution in [0.5, 0.6) is 0 Å². The van der Waals surface area contributed by atoms with Gasteiger partial charge in [-0.2, -0.15) is 5.10 Å². The van der Waals surface area contributed by atoms with Crippen molar-refractivity contribution < 1.29 is 0 Å². The minimum atomic E-state index is 0.591. The van der Waals surface area contributed by atoms with Crippen LogP contribution in [0.15, 0.2) is 11.6 Å². The van der Waals surface area contributed by atoms with E-state index in [4.69, 9.17) is 5.10 Å². The lowest BCUT2D eigenvalue weighted by Gasteiger charge is -2.04. The molecule has 2 aromatic rings. The molecule has 82 valence electrons. The van der Waals surface area contributed by atoms with Crippen molar-refractivity contribution in [1.82, 2.24) is 14.8 Å². The molecule has 0 saturated carbocycles. The van der Waals surface area contributed by atoms with Gasteiger partial charge in [-0.3, -0.25) is 4.68 Å². The highest BCUT2D eigenvalue weighted by atomic mass is 32.1. The smallest absolute Gasteiger partial charge is 0.0797 e. The second-order valence-corrected chi connectivity index (χ2v) is 5.65. The van der Waals surface area contributed by atoms with Gasteiger partial charge in [0, 0.05) is 23.0 Å². The van der Waals surface area contributed by atoms with Crippen LogP contribution in [0.2, 0.25) is 0 Å². The zero-order chi connectivity index (χ0) is 10.5. The van der Waals surface area contributed by atoms with Crippen molar-refractivity contribution in [3.05, 3.63) is 33.5 Å². The molecule has 0 bridgehead atoms. The highest BCUT2D eigenvalue weighted by molar-refractivity contribution is 7.09. The van der Waals surface area contributed by atoms with Crippen LogP contribution in [0.4, 0.5) is 0 Å². The minimum Gasteiger partial charge on any atom is -0.269 e. The van der Waals surface area contributed by atoms with Crippen molar-refractivity contribution in [3.63, 3.8) is 0 Å². The van der Waals surface area contributed by atoms with Crippen LogP contribution in [0.1, 0.15) is 34.3 Å². The third-order valence-corrected chi connectivity index (χ3v) is 4.60. The maximum atomic E-state index is 4.73. The van der Waals surface area contributed by atoms with Gasteiger partial charge in [-0.25, -0.2) is 4.98 Å². The van der Waals surface area contributed by atoms with Gasteiger partial charge in [-0.05, 0) is 31.7 Å². The van der Waals surface area contributed by atoms with Crippen LogP contribution in [-0.2, 0) is 25.8 Å². The normalized spacial score (nSPS) is 22.4. The number of nitrogens with zero attached hydrogens (tertiary/aromatic N) is 3. The van der Waals surface area contributed by atoms with E-state index >= 15 is 0 Å². The lowest BCUT2D eigenvalue weighted by atomic mass is 10.0. The Morgan fingerprint density at radius 1 is 1.38 bits per heavy atom. The van der Waals surface area contributed by atoms with Crippen LogP contribution >= 0.6 is 11.3 Å². The monoisotopic (exact) mass is 231 g/mol. The first-order valence-electron chi connectivity index (χ1n) is 5.88. The zero-order valence-electron chi connectivity index (χ0n) is 9.02. The second kappa shape index (κ2) is 3.17. The Morgan fingerprint density at radius 3 is 3.25 bits per heavy atom. The van der Waals surface area contributed by atoms with E-state index in [9.17, 15) is 0 Å². The first kappa shape index (κ1) is 8.93. The summed E-state index contributed by atoms with van der Waals surface area (Å²) >= 11 is 1.80. The third-order valence-electron chi connectivity index (χ3n) is 3.70. The van der Waals surface area contributed by atoms with E-state index in [0.29, 0.717) is 5.92 Å². The van der Waals surface area contributed by atoms with Gasteiger partial charge in [0.2, 0.25) is 0 Å². The molecule has 16 heavy (non-hydrogen) atoms. The molecule has 0 saturated heterocycles. The summed E-state index contributed by atoms with van der Waals surface area (Å²) in [7, 11) is 0. The van der Waals surface area contributed by atoms with Crippen molar-refractivity contribution >= 4 is 11.3 Å². The number of aromatic nitrogens is 3. The predicted molar refractivity (Wildman–Crippen MR) is 62.8 cm³/mol. The van der Waals surface area contributed by atoms with Crippen molar-refractivity contribution in [3.8, 4) is 0 Å². The fraction of sp³-hybridized carbons (Fsp3) is 0.500. The summed E-state index contributed by atoms with van der Waals surface area (Å²) in [5, 5.41) is 4.73. The van der Waals surface area contributed by atoms with Gasteiger partial charge in [0.1, 0.15) is 0 Å². The molecule has 0 fully saturated rings. The first-order chi connectivity index (χ1) is 7.90. The molecule has 1 unspecified atom stereocenters. The molecule has 2 aliphatic rings. The predicted octanol–water partition coefficient (Wildman–Crippen LogP) is 2.17. The van der Waals surface area contributed by atoms with Gasteiger partial charge in [-0.1, -0.05) is 0 Å². The van der Waals surface area contributed by atoms with Crippen LogP contribution in [-0.4, -0.2) is 14.8 Å². The maximum Gasteiger partial charge on any atom is 0.0797 e. The largest absolute Gasteiger partial charge is 0.269 e. The van der Waals surface area contributed by atoms with E-state index in [-0.39, 0.29) is 0 Å². The summed E-state index contributed by atoms with van der Waals surface area (Å²) in [6.45, 7) is 1.11. The number of rotatable bonds is 1. The van der Waals surface area contributed by atoms with E-state index in [0.717, 1.165) is 19.4 Å². The number of hydrogen-bond donors (Lipinski definition) is 0. The minimum absolute atomic E-state index is 0.591. The Bertz CT molecular complexity index is 498. The molecule has 0 spiro atoms. The number of thiazole rings is 1. The fourth-order valence-electron chi connectivity index (χ4n) is 2.85. The van der Waals surface area contributed by atoms with Crippen molar-refractivity contribution in [2.45, 2.75) is 38.1 Å². The molecule has 0 N–H and O–H groups in total. The van der Waals surface area contributed by atoms with Crippen molar-refractivity contribution in [2.75, 3.05) is 0 Å². The Labute approximate surface area is 98.1 Å². The Balaban J connectivity index is 1.65. The van der Waals surface area contributed by atoms with E-state index in [1.807, 2.05) is 5.51 Å². The zero-order valence-corrected chi connectivity index (χ0v) is 9.83. The average Bonchev–Trinajstić information content (AvgIpc) is 2.94. The Hall–Kier alpha value is -1.16. The highest BCUT2D eigenvalue weighted by Gasteiger charge is 2.28. The lowest BCUT2D eigenvalue weighted by Crippen LogP contribution is -2.02. The summed E-state index contributed by atoms with van der Waals surface area (Å²) in [6, 6.07) is 2.31. The Morgan fingerprint density at radius 2 is 2.38 bits per heavy atom. The van der Waals surface area contributed by atoms with E-state index in [1.54, 1.807) is 11.3 Å². The summed E-state index contributed by atoms with van der Waals surface area (Å²) in [4.78, 5) is 5.89. The van der Waals surface area contributed by atoms with Gasteiger partial charge >= 0.3 is 0 Å². The SMILES string of the molecule is c1nc2c(s1)CC(c1cc3n(n1)CCC3)C2. The van der Waals surface area contributed by atoms with Crippen LogP contribution in [0.3, 0.4) is 0 Å². The molecular formula is C12H13N3S. The topological polar surface area (TPSA) is 30.7 Å². The molecule has 1 atom stereocenters. The average molecular weight is 231 g/mol. The maximum absolute atomic E-state index is 4.73. The van der Waals surface area contributed by atoms with E-state index in [2.05, 4.69) is 15.7 Å². The summed E-state index contributed by atoms with van der Waals surface area (Å²) in [6.07, 6.45) is 4.72. The molecule has 1 aliphatic carbocycles. The first-order valence-corrected chi connectivity index (χ1v) is 6.76. The number of aryl methyl sites for hydroxylation is 2. The van der Waals surface area contributed by atoms with Crippen LogP contribution < -0.4 is 0 Å². The van der Waals surface area contributed by atoms with Gasteiger partial charge in [0.05, 0.1) is 16.9 Å². The Kier molecular flexibility index (Phi) is 1.77. The molecule has 1 aliphatic heterocycles. The van der Waals surface area contributed by atoms with Gasteiger partial charge in [-0.15, -0.1) is 11.3 Å². The summed E-state index contributed by atoms with van der Waals surface area (Å²) in [5.74, 6) is 0.591. The van der Waals surface area contributed by atoms with Gasteiger partial charge in [0.15, 0.2) is 0 Å². The molecule has 3 heterocycles. The lowest BCUT2D eigenvalue weighted by molar-refractivity contribution is 0.615.